The van der Waals surface area contributed by atoms with Crippen molar-refractivity contribution in [3.63, 3.8) is 0 Å². The molecule has 10 heteroatoms. The Morgan fingerprint density at radius 1 is 1.23 bits per heavy atom. The smallest absolute Gasteiger partial charge is 0.352 e. The van der Waals surface area contributed by atoms with E-state index >= 15 is 0 Å². The van der Waals surface area contributed by atoms with Gasteiger partial charge in [-0.1, -0.05) is 17.4 Å². The number of methoxy groups -OCH3 is 2. The van der Waals surface area contributed by atoms with Crippen molar-refractivity contribution >= 4 is 40.2 Å². The Hall–Kier alpha value is -3.11. The zero-order chi connectivity index (χ0) is 22.2. The van der Waals surface area contributed by atoms with E-state index in [9.17, 15) is 9.59 Å². The molecule has 3 rings (SSSR count). The Bertz CT molecular complexity index is 953. The number of rotatable bonds is 8. The number of morpholine rings is 1. The fraction of sp³-hybridized carbons (Fsp3) is 0.381. The molecule has 1 fully saturated rings. The number of anilines is 2. The van der Waals surface area contributed by atoms with E-state index in [1.807, 2.05) is 11.0 Å². The first kappa shape index (κ1) is 22.6. The summed E-state index contributed by atoms with van der Waals surface area (Å²) in [4.78, 5) is 31.6. The van der Waals surface area contributed by atoms with Gasteiger partial charge in [-0.05, 0) is 30.7 Å². The highest BCUT2D eigenvalue weighted by Gasteiger charge is 2.25. The van der Waals surface area contributed by atoms with Crippen LogP contribution in [0.3, 0.4) is 0 Å². The highest BCUT2D eigenvalue weighted by Crippen LogP contribution is 2.31. The first-order valence-corrected chi connectivity index (χ1v) is 10.6. The highest BCUT2D eigenvalue weighted by atomic mass is 32.1. The predicted octanol–water partition coefficient (Wildman–Crippen LogP) is 2.83. The summed E-state index contributed by atoms with van der Waals surface area (Å²) < 4.78 is 21.0. The molecule has 1 saturated heterocycles. The molecule has 1 aliphatic rings. The number of ether oxygens (including phenoxy) is 4. The molecule has 0 spiro atoms. The van der Waals surface area contributed by atoms with E-state index in [0.717, 1.165) is 16.9 Å². The van der Waals surface area contributed by atoms with Gasteiger partial charge in [0.25, 0.3) is 0 Å². The zero-order valence-electron chi connectivity index (χ0n) is 17.7. The minimum atomic E-state index is -0.456. The van der Waals surface area contributed by atoms with Crippen molar-refractivity contribution in [3.05, 3.63) is 34.7 Å². The fourth-order valence-corrected chi connectivity index (χ4v) is 3.85. The second kappa shape index (κ2) is 10.8. The van der Waals surface area contributed by atoms with E-state index < -0.39 is 5.97 Å². The van der Waals surface area contributed by atoms with E-state index in [4.69, 9.17) is 18.9 Å². The van der Waals surface area contributed by atoms with Crippen molar-refractivity contribution in [3.8, 4) is 11.5 Å². The molecule has 0 saturated carbocycles. The number of thiazole rings is 1. The number of carbonyl (C=O) groups is 2. The van der Waals surface area contributed by atoms with Crippen LogP contribution in [-0.2, 0) is 14.3 Å². The minimum absolute atomic E-state index is 0.259. The normalized spacial score (nSPS) is 13.8. The maximum Gasteiger partial charge on any atom is 0.352 e. The standard InChI is InChI=1S/C21H25N3O6S/c1-4-30-20(26)18-19(24-9-11-29-12-10-24)23-21(31-18)22-17(25)8-6-14-5-7-15(27-2)16(13-14)28-3/h5-8,13H,4,9-12H2,1-3H3,(H,22,23,25)/b8-6+. The monoisotopic (exact) mass is 447 g/mol. The summed E-state index contributed by atoms with van der Waals surface area (Å²) in [5, 5.41) is 3.05. The van der Waals surface area contributed by atoms with Gasteiger partial charge in [-0.3, -0.25) is 10.1 Å². The molecule has 0 unspecified atom stereocenters. The van der Waals surface area contributed by atoms with Crippen molar-refractivity contribution in [1.29, 1.82) is 0 Å². The van der Waals surface area contributed by atoms with Crippen LogP contribution in [0.5, 0.6) is 11.5 Å². The number of aromatic nitrogens is 1. The van der Waals surface area contributed by atoms with E-state index in [-0.39, 0.29) is 12.5 Å². The van der Waals surface area contributed by atoms with E-state index in [1.165, 1.54) is 6.08 Å². The van der Waals surface area contributed by atoms with Crippen molar-refractivity contribution in [1.82, 2.24) is 4.98 Å². The third-order valence-electron chi connectivity index (χ3n) is 4.45. The Morgan fingerprint density at radius 2 is 1.97 bits per heavy atom. The van der Waals surface area contributed by atoms with Gasteiger partial charge in [0, 0.05) is 19.2 Å². The average molecular weight is 448 g/mol. The predicted molar refractivity (Wildman–Crippen MR) is 118 cm³/mol. The van der Waals surface area contributed by atoms with Gasteiger partial charge in [-0.15, -0.1) is 0 Å². The lowest BCUT2D eigenvalue weighted by Gasteiger charge is -2.27. The maximum absolute atomic E-state index is 12.4. The largest absolute Gasteiger partial charge is 0.493 e. The van der Waals surface area contributed by atoms with Gasteiger partial charge in [-0.25, -0.2) is 9.78 Å². The number of nitrogens with zero attached hydrogens (tertiary/aromatic N) is 2. The summed E-state index contributed by atoms with van der Waals surface area (Å²) in [7, 11) is 3.11. The van der Waals surface area contributed by atoms with Crippen LogP contribution in [0.4, 0.5) is 10.9 Å². The number of carbonyl (C=O) groups excluding carboxylic acids is 2. The third kappa shape index (κ3) is 5.74. The minimum Gasteiger partial charge on any atom is -0.493 e. The summed E-state index contributed by atoms with van der Waals surface area (Å²) in [6.45, 7) is 4.33. The molecular weight excluding hydrogens is 422 g/mol. The van der Waals surface area contributed by atoms with Gasteiger partial charge in [0.05, 0.1) is 34.0 Å². The number of hydrogen-bond acceptors (Lipinski definition) is 9. The molecule has 1 amide bonds. The van der Waals surface area contributed by atoms with Gasteiger partial charge >= 0.3 is 5.97 Å². The number of nitrogens with one attached hydrogen (secondary N) is 1. The van der Waals surface area contributed by atoms with Gasteiger partial charge in [-0.2, -0.15) is 0 Å². The SMILES string of the molecule is CCOC(=O)c1sc(NC(=O)/C=C/c2ccc(OC)c(OC)c2)nc1N1CCOCC1. The molecule has 31 heavy (non-hydrogen) atoms. The highest BCUT2D eigenvalue weighted by molar-refractivity contribution is 7.18. The third-order valence-corrected chi connectivity index (χ3v) is 5.39. The molecule has 0 aliphatic carbocycles. The van der Waals surface area contributed by atoms with Gasteiger partial charge in [0.15, 0.2) is 27.3 Å². The number of benzene rings is 1. The topological polar surface area (TPSA) is 99.2 Å². The summed E-state index contributed by atoms with van der Waals surface area (Å²) in [6.07, 6.45) is 3.04. The molecule has 2 heterocycles. The van der Waals surface area contributed by atoms with Crippen LogP contribution >= 0.6 is 11.3 Å². The lowest BCUT2D eigenvalue weighted by Crippen LogP contribution is -2.37. The van der Waals surface area contributed by atoms with Gasteiger partial charge in [0.2, 0.25) is 5.91 Å². The molecule has 1 aliphatic heterocycles. The van der Waals surface area contributed by atoms with Crippen LogP contribution in [-0.4, -0.2) is 64.0 Å². The molecule has 1 aromatic heterocycles. The maximum atomic E-state index is 12.4. The van der Waals surface area contributed by atoms with E-state index in [2.05, 4.69) is 10.3 Å². The van der Waals surface area contributed by atoms with Crippen LogP contribution in [0.2, 0.25) is 0 Å². The second-order valence-corrected chi connectivity index (χ2v) is 7.43. The van der Waals surface area contributed by atoms with Crippen molar-refractivity contribution < 1.29 is 28.5 Å². The molecule has 0 atom stereocenters. The molecule has 2 aromatic rings. The van der Waals surface area contributed by atoms with Crippen molar-refractivity contribution in [2.45, 2.75) is 6.92 Å². The Balaban J connectivity index is 1.74. The van der Waals surface area contributed by atoms with Crippen LogP contribution in [0.15, 0.2) is 24.3 Å². The lowest BCUT2D eigenvalue weighted by atomic mass is 10.2. The summed E-state index contributed by atoms with van der Waals surface area (Å²) in [5.74, 6) is 0.856. The van der Waals surface area contributed by atoms with Crippen LogP contribution in [0, 0.1) is 0 Å². The Labute approximate surface area is 184 Å². The Kier molecular flexibility index (Phi) is 7.85. The van der Waals surface area contributed by atoms with Crippen LogP contribution < -0.4 is 19.7 Å². The molecular formula is C21H25N3O6S. The molecule has 0 bridgehead atoms. The number of esters is 1. The van der Waals surface area contributed by atoms with Gasteiger partial charge in [0.1, 0.15) is 0 Å². The van der Waals surface area contributed by atoms with E-state index in [0.29, 0.717) is 53.6 Å². The second-order valence-electron chi connectivity index (χ2n) is 6.43. The van der Waals surface area contributed by atoms with Crippen LogP contribution in [0.1, 0.15) is 22.2 Å². The summed E-state index contributed by atoms with van der Waals surface area (Å²) in [6, 6.07) is 5.34. The van der Waals surface area contributed by atoms with Crippen molar-refractivity contribution in [2.24, 2.45) is 0 Å². The molecule has 9 nitrogen and oxygen atoms in total. The molecule has 1 N–H and O–H groups in total. The number of hydrogen-bond donors (Lipinski definition) is 1. The quantitative estimate of drug-likeness (QED) is 0.487. The lowest BCUT2D eigenvalue weighted by molar-refractivity contribution is -0.111. The number of amides is 1. The Morgan fingerprint density at radius 3 is 2.65 bits per heavy atom. The molecule has 166 valence electrons. The molecule has 0 radical (unpaired) electrons. The summed E-state index contributed by atoms with van der Waals surface area (Å²) in [5.41, 5.74) is 0.771. The fourth-order valence-electron chi connectivity index (χ4n) is 2.96. The van der Waals surface area contributed by atoms with Gasteiger partial charge < -0.3 is 23.8 Å². The first-order chi connectivity index (χ1) is 15.0. The zero-order valence-corrected chi connectivity index (χ0v) is 18.5. The van der Waals surface area contributed by atoms with E-state index in [1.54, 1.807) is 39.4 Å². The molecule has 1 aromatic carbocycles. The van der Waals surface area contributed by atoms with Crippen LogP contribution in [0.25, 0.3) is 6.08 Å². The summed E-state index contributed by atoms with van der Waals surface area (Å²) >= 11 is 1.09. The van der Waals surface area contributed by atoms with Crippen molar-refractivity contribution in [2.75, 3.05) is 57.3 Å². The average Bonchev–Trinajstić information content (AvgIpc) is 3.22. The first-order valence-electron chi connectivity index (χ1n) is 9.77.